The van der Waals surface area contributed by atoms with E-state index in [4.69, 9.17) is 38.9 Å². The van der Waals surface area contributed by atoms with Gasteiger partial charge in [-0.1, -0.05) is 24.3 Å². The topological polar surface area (TPSA) is 152 Å². The second-order valence-corrected chi connectivity index (χ2v) is 16.2. The van der Waals surface area contributed by atoms with Gasteiger partial charge in [-0.3, -0.25) is 4.79 Å². The fourth-order valence-electron chi connectivity index (χ4n) is 7.60. The van der Waals surface area contributed by atoms with Crippen molar-refractivity contribution in [1.29, 1.82) is 0 Å². The predicted octanol–water partition coefficient (Wildman–Crippen LogP) is 5.78. The normalized spacial score (nSPS) is 15.4. The summed E-state index contributed by atoms with van der Waals surface area (Å²) < 4.78 is 22.0. The number of ether oxygens (including phenoxy) is 4. The highest BCUT2D eigenvalue weighted by molar-refractivity contribution is 5.93. The average molecular weight is 829 g/mol. The molecule has 2 saturated heterocycles. The summed E-state index contributed by atoms with van der Waals surface area (Å²) in [6, 6.07) is 19.7. The number of fused-ring (bicyclic) bond motifs is 1. The van der Waals surface area contributed by atoms with Crippen molar-refractivity contribution in [1.82, 2.24) is 34.7 Å². The largest absolute Gasteiger partial charge is 0.497 e. The average Bonchev–Trinajstić information content (AvgIpc) is 3.73. The Hall–Kier alpha value is -6.55. The van der Waals surface area contributed by atoms with Gasteiger partial charge in [0.25, 0.3) is 5.91 Å². The van der Waals surface area contributed by atoms with Crippen LogP contribution in [-0.4, -0.2) is 126 Å². The summed E-state index contributed by atoms with van der Waals surface area (Å²) in [6.45, 7) is 11.5. The zero-order valence-corrected chi connectivity index (χ0v) is 35.4. The Bertz CT molecular complexity index is 2240. The fourth-order valence-corrected chi connectivity index (χ4v) is 7.60. The van der Waals surface area contributed by atoms with Crippen LogP contribution in [0.5, 0.6) is 11.5 Å². The smallest absolute Gasteiger partial charge is 0.410 e. The number of rotatable bonds is 11. The van der Waals surface area contributed by atoms with Crippen LogP contribution in [0.3, 0.4) is 0 Å². The second-order valence-electron chi connectivity index (χ2n) is 16.2. The molecule has 318 valence electrons. The van der Waals surface area contributed by atoms with E-state index in [9.17, 15) is 9.59 Å². The van der Waals surface area contributed by atoms with Crippen LogP contribution in [-0.2, 0) is 29.0 Å². The van der Waals surface area contributed by atoms with Crippen LogP contribution in [0.15, 0.2) is 79.3 Å². The minimum atomic E-state index is -0.579. The maximum atomic E-state index is 13.5. The van der Waals surface area contributed by atoms with E-state index in [2.05, 4.69) is 43.9 Å². The Kier molecular flexibility index (Phi) is 12.1. The monoisotopic (exact) mass is 828 g/mol. The summed E-state index contributed by atoms with van der Waals surface area (Å²) in [5.41, 5.74) is 5.33. The summed E-state index contributed by atoms with van der Waals surface area (Å²) in [6.07, 6.45) is 5.75. The van der Waals surface area contributed by atoms with Crippen molar-refractivity contribution in [3.63, 3.8) is 0 Å². The quantitative estimate of drug-likeness (QED) is 0.158. The lowest BCUT2D eigenvalue weighted by molar-refractivity contribution is 0.0140. The molecule has 16 nitrogen and oxygen atoms in total. The van der Waals surface area contributed by atoms with Crippen LogP contribution >= 0.6 is 0 Å². The van der Waals surface area contributed by atoms with E-state index in [1.54, 1.807) is 36.3 Å². The van der Waals surface area contributed by atoms with E-state index < -0.39 is 5.60 Å². The van der Waals surface area contributed by atoms with Crippen LogP contribution in [0.4, 0.5) is 28.2 Å². The summed E-state index contributed by atoms with van der Waals surface area (Å²) >= 11 is 0. The molecule has 61 heavy (non-hydrogen) atoms. The van der Waals surface area contributed by atoms with Crippen LogP contribution < -0.4 is 24.2 Å². The molecule has 3 aliphatic heterocycles. The van der Waals surface area contributed by atoms with Gasteiger partial charge < -0.3 is 43.4 Å². The van der Waals surface area contributed by atoms with Gasteiger partial charge in [0.2, 0.25) is 11.9 Å². The lowest BCUT2D eigenvalue weighted by Gasteiger charge is -2.35. The van der Waals surface area contributed by atoms with Crippen molar-refractivity contribution in [3.05, 3.63) is 102 Å². The van der Waals surface area contributed by atoms with E-state index in [1.165, 1.54) is 0 Å². The summed E-state index contributed by atoms with van der Waals surface area (Å²) in [5, 5.41) is 0. The maximum Gasteiger partial charge on any atom is 0.410 e. The number of pyridine rings is 1. The molecule has 0 unspecified atom stereocenters. The maximum absolute atomic E-state index is 13.5. The first-order valence-electron chi connectivity index (χ1n) is 20.6. The van der Waals surface area contributed by atoms with Crippen LogP contribution in [0.25, 0.3) is 11.3 Å². The number of aromatic nitrogens is 5. The van der Waals surface area contributed by atoms with Crippen molar-refractivity contribution < 1.29 is 28.5 Å². The fraction of sp³-hybridized carbons (Fsp3) is 0.400. The van der Waals surface area contributed by atoms with Gasteiger partial charge >= 0.3 is 6.09 Å². The number of methoxy groups -OCH3 is 2. The third kappa shape index (κ3) is 9.59. The van der Waals surface area contributed by atoms with Gasteiger partial charge in [0, 0.05) is 82.4 Å². The molecule has 2 aromatic carbocycles. The van der Waals surface area contributed by atoms with Gasteiger partial charge in [0.15, 0.2) is 0 Å². The van der Waals surface area contributed by atoms with Crippen LogP contribution in [0.1, 0.15) is 48.0 Å². The minimum absolute atomic E-state index is 0.175. The number of carbonyl (C=O) groups excluding carboxylic acids is 2. The molecule has 0 saturated carbocycles. The Morgan fingerprint density at radius 3 is 1.89 bits per heavy atom. The lowest BCUT2D eigenvalue weighted by atomic mass is 10.1. The van der Waals surface area contributed by atoms with Gasteiger partial charge in [-0.2, -0.15) is 4.98 Å². The standard InChI is InChI=1S/C45H52N10O6/c1-45(2,3)61-44(57)53-20-18-51(19-21-53)41(56)38-15-10-34(28-46-38)55-17-16-37-39(49-43(50-40(37)55)52-22-24-60-25-23-52)33-26-47-42(48-27-33)54(29-31-6-11-35(58-4)12-7-31)30-32-8-13-36(59-5)14-9-32/h6-15,26-28H,16-25,29-30H2,1-5H3. The number of benzene rings is 2. The van der Waals surface area contributed by atoms with Crippen molar-refractivity contribution in [2.75, 3.05) is 87.9 Å². The van der Waals surface area contributed by atoms with Crippen molar-refractivity contribution in [2.45, 2.75) is 45.9 Å². The number of morpholine rings is 1. The van der Waals surface area contributed by atoms with Crippen LogP contribution in [0.2, 0.25) is 0 Å². The third-order valence-corrected chi connectivity index (χ3v) is 10.9. The predicted molar refractivity (Wildman–Crippen MR) is 231 cm³/mol. The molecule has 5 aromatic rings. The molecule has 6 heterocycles. The highest BCUT2D eigenvalue weighted by Gasteiger charge is 2.32. The number of amides is 2. The summed E-state index contributed by atoms with van der Waals surface area (Å²) in [4.78, 5) is 60.6. The highest BCUT2D eigenvalue weighted by Crippen LogP contribution is 2.39. The van der Waals surface area contributed by atoms with E-state index in [0.29, 0.717) is 96.1 Å². The highest BCUT2D eigenvalue weighted by atomic mass is 16.6. The van der Waals surface area contributed by atoms with Gasteiger partial charge in [-0.15, -0.1) is 0 Å². The van der Waals surface area contributed by atoms with Crippen molar-refractivity contribution >= 4 is 35.4 Å². The third-order valence-electron chi connectivity index (χ3n) is 10.9. The molecule has 3 aliphatic rings. The number of nitrogens with zero attached hydrogens (tertiary/aromatic N) is 10. The molecule has 2 fully saturated rings. The molecule has 0 aliphatic carbocycles. The Morgan fingerprint density at radius 2 is 1.33 bits per heavy atom. The first-order chi connectivity index (χ1) is 29.5. The molecule has 0 radical (unpaired) electrons. The zero-order valence-electron chi connectivity index (χ0n) is 35.4. The first kappa shape index (κ1) is 41.2. The Balaban J connectivity index is 1.04. The molecule has 3 aromatic heterocycles. The summed E-state index contributed by atoms with van der Waals surface area (Å²) in [7, 11) is 3.32. The number of hydrogen-bond donors (Lipinski definition) is 0. The molecule has 0 atom stereocenters. The van der Waals surface area contributed by atoms with Gasteiger partial charge in [-0.25, -0.2) is 24.7 Å². The minimum Gasteiger partial charge on any atom is -0.497 e. The van der Waals surface area contributed by atoms with Crippen molar-refractivity contribution in [3.8, 4) is 22.8 Å². The molecule has 0 N–H and O–H groups in total. The van der Waals surface area contributed by atoms with Crippen molar-refractivity contribution in [2.24, 2.45) is 0 Å². The molecule has 0 bridgehead atoms. The second kappa shape index (κ2) is 18.0. The molecular weight excluding hydrogens is 777 g/mol. The first-order valence-corrected chi connectivity index (χ1v) is 20.6. The van der Waals surface area contributed by atoms with E-state index in [-0.39, 0.29) is 12.0 Å². The zero-order chi connectivity index (χ0) is 42.5. The van der Waals surface area contributed by atoms with E-state index in [0.717, 1.165) is 51.0 Å². The van der Waals surface area contributed by atoms with E-state index in [1.807, 2.05) is 63.5 Å². The van der Waals surface area contributed by atoms with Gasteiger partial charge in [0.05, 0.1) is 45.0 Å². The van der Waals surface area contributed by atoms with E-state index >= 15 is 0 Å². The molecule has 2 amide bonds. The summed E-state index contributed by atoms with van der Waals surface area (Å²) in [5.74, 6) is 3.40. The molecule has 16 heteroatoms. The number of hydrogen-bond acceptors (Lipinski definition) is 14. The van der Waals surface area contributed by atoms with Gasteiger partial charge in [-0.05, 0) is 74.7 Å². The lowest BCUT2D eigenvalue weighted by Crippen LogP contribution is -2.51. The number of carbonyl (C=O) groups is 2. The molecule has 0 spiro atoms. The SMILES string of the molecule is COc1ccc(CN(Cc2ccc(OC)cc2)c2ncc(-c3nc(N4CCOCC4)nc4c3CCN4c3ccc(C(=O)N4CCN(C(=O)OC(C)(C)C)CC4)nc3)cn2)cc1. The number of piperazine rings is 1. The van der Waals surface area contributed by atoms with Crippen LogP contribution in [0, 0.1) is 0 Å². The van der Waals surface area contributed by atoms with Gasteiger partial charge in [0.1, 0.15) is 28.6 Å². The Morgan fingerprint density at radius 1 is 0.721 bits per heavy atom. The molecular formula is C45H52N10O6. The number of anilines is 4. The Labute approximate surface area is 356 Å². The molecule has 8 rings (SSSR count).